The average Bonchev–Trinajstić information content (AvgIpc) is 3.06. The zero-order chi connectivity index (χ0) is 18.3. The van der Waals surface area contributed by atoms with Gasteiger partial charge < -0.3 is 14.2 Å². The number of esters is 1. The summed E-state index contributed by atoms with van der Waals surface area (Å²) >= 11 is 0. The van der Waals surface area contributed by atoms with Crippen LogP contribution in [-0.4, -0.2) is 31.6 Å². The van der Waals surface area contributed by atoms with E-state index in [9.17, 15) is 15.3 Å². The summed E-state index contributed by atoms with van der Waals surface area (Å²) in [5.41, 5.74) is -0.336. The third-order valence-electron chi connectivity index (χ3n) is 4.62. The van der Waals surface area contributed by atoms with Crippen LogP contribution in [-0.2, 0) is 19.0 Å². The van der Waals surface area contributed by atoms with E-state index in [1.165, 1.54) is 6.92 Å². The Bertz CT molecular complexity index is 619. The second-order valence-electron chi connectivity index (χ2n) is 6.58. The van der Waals surface area contributed by atoms with E-state index >= 15 is 0 Å². The molecule has 0 unspecified atom stereocenters. The van der Waals surface area contributed by atoms with Crippen molar-refractivity contribution in [1.82, 2.24) is 0 Å². The SMILES string of the molecule is CC(=O)OC[C@@H](C)/C=C\CC(C#N)(C#N)C1=CCC2(CC1)OCCO2. The van der Waals surface area contributed by atoms with Gasteiger partial charge in [0.15, 0.2) is 11.2 Å². The van der Waals surface area contributed by atoms with Crippen LogP contribution in [0.1, 0.15) is 39.5 Å². The Morgan fingerprint density at radius 2 is 2.12 bits per heavy atom. The molecule has 6 nitrogen and oxygen atoms in total. The van der Waals surface area contributed by atoms with Gasteiger partial charge in [-0.05, 0) is 12.0 Å². The van der Waals surface area contributed by atoms with E-state index in [-0.39, 0.29) is 18.5 Å². The average molecular weight is 344 g/mol. The van der Waals surface area contributed by atoms with Gasteiger partial charge in [-0.25, -0.2) is 0 Å². The number of ether oxygens (including phenoxy) is 3. The minimum atomic E-state index is -1.17. The lowest BCUT2D eigenvalue weighted by atomic mass is 9.74. The maximum absolute atomic E-state index is 10.8. The molecule has 1 fully saturated rings. The van der Waals surface area contributed by atoms with Crippen LogP contribution in [0.25, 0.3) is 0 Å². The van der Waals surface area contributed by atoms with E-state index < -0.39 is 11.2 Å². The lowest BCUT2D eigenvalue weighted by Crippen LogP contribution is -2.34. The second kappa shape index (κ2) is 8.29. The highest BCUT2D eigenvalue weighted by Gasteiger charge is 2.42. The number of carbonyl (C=O) groups excluding carboxylic acids is 1. The number of carbonyl (C=O) groups is 1. The van der Waals surface area contributed by atoms with Crippen LogP contribution in [0.5, 0.6) is 0 Å². The Balaban J connectivity index is 2.01. The van der Waals surface area contributed by atoms with Gasteiger partial charge in [-0.3, -0.25) is 4.79 Å². The van der Waals surface area contributed by atoms with Crippen LogP contribution in [0.4, 0.5) is 0 Å². The standard InChI is InChI=1S/C19H24N2O4/c1-15(12-23-16(2)22)4-3-7-18(13-20,14-21)17-5-8-19(9-6-17)24-10-11-25-19/h3-5,15H,6-12H2,1-2H3/b4-3-/t15-/m0/s1. The van der Waals surface area contributed by atoms with Gasteiger partial charge in [0.1, 0.15) is 0 Å². The van der Waals surface area contributed by atoms with Crippen molar-refractivity contribution in [3.05, 3.63) is 23.8 Å². The molecule has 0 aromatic heterocycles. The van der Waals surface area contributed by atoms with Gasteiger partial charge in [0.25, 0.3) is 0 Å². The van der Waals surface area contributed by atoms with Gasteiger partial charge in [0.05, 0.1) is 32.0 Å². The fourth-order valence-corrected chi connectivity index (χ4v) is 3.13. The summed E-state index contributed by atoms with van der Waals surface area (Å²) in [6.07, 6.45) is 7.78. The zero-order valence-corrected chi connectivity index (χ0v) is 14.8. The molecule has 1 heterocycles. The van der Waals surface area contributed by atoms with E-state index in [0.29, 0.717) is 38.9 Å². The largest absolute Gasteiger partial charge is 0.465 e. The molecular formula is C19H24N2O4. The first kappa shape index (κ1) is 19.2. The molecule has 25 heavy (non-hydrogen) atoms. The first-order chi connectivity index (χ1) is 12.0. The number of nitriles is 2. The zero-order valence-electron chi connectivity index (χ0n) is 14.8. The Morgan fingerprint density at radius 3 is 2.64 bits per heavy atom. The third kappa shape index (κ3) is 4.69. The van der Waals surface area contributed by atoms with Crippen molar-refractivity contribution in [2.24, 2.45) is 11.3 Å². The van der Waals surface area contributed by atoms with E-state index in [4.69, 9.17) is 14.2 Å². The molecule has 6 heteroatoms. The Kier molecular flexibility index (Phi) is 6.36. The molecular weight excluding hydrogens is 320 g/mol. The molecule has 0 N–H and O–H groups in total. The molecule has 134 valence electrons. The van der Waals surface area contributed by atoms with Crippen molar-refractivity contribution in [3.8, 4) is 12.1 Å². The van der Waals surface area contributed by atoms with E-state index in [1.807, 2.05) is 25.2 Å². The van der Waals surface area contributed by atoms with Gasteiger partial charge in [-0.1, -0.05) is 25.2 Å². The number of hydrogen-bond acceptors (Lipinski definition) is 6. The first-order valence-electron chi connectivity index (χ1n) is 8.55. The predicted molar refractivity (Wildman–Crippen MR) is 89.8 cm³/mol. The van der Waals surface area contributed by atoms with Crippen molar-refractivity contribution in [2.45, 2.75) is 45.3 Å². The van der Waals surface area contributed by atoms with Crippen molar-refractivity contribution in [1.29, 1.82) is 10.5 Å². The topological polar surface area (TPSA) is 92.3 Å². The van der Waals surface area contributed by atoms with E-state index in [1.54, 1.807) is 0 Å². The van der Waals surface area contributed by atoms with Crippen LogP contribution in [0.2, 0.25) is 0 Å². The van der Waals surface area contributed by atoms with Crippen LogP contribution < -0.4 is 0 Å². The van der Waals surface area contributed by atoms with Crippen LogP contribution in [0.3, 0.4) is 0 Å². The first-order valence-corrected chi connectivity index (χ1v) is 8.55. The van der Waals surface area contributed by atoms with Crippen LogP contribution >= 0.6 is 0 Å². The monoisotopic (exact) mass is 344 g/mol. The highest BCUT2D eigenvalue weighted by Crippen LogP contribution is 2.42. The third-order valence-corrected chi connectivity index (χ3v) is 4.62. The summed E-state index contributed by atoms with van der Waals surface area (Å²) in [6.45, 7) is 4.75. The molecule has 0 aromatic rings. The molecule has 0 aromatic carbocycles. The predicted octanol–water partition coefficient (Wildman–Crippen LogP) is 3.02. The minimum Gasteiger partial charge on any atom is -0.465 e. The summed E-state index contributed by atoms with van der Waals surface area (Å²) in [6, 6.07) is 4.38. The molecule has 2 aliphatic rings. The number of allylic oxidation sites excluding steroid dienone is 2. The highest BCUT2D eigenvalue weighted by atomic mass is 16.7. The summed E-state index contributed by atoms with van der Waals surface area (Å²) in [5, 5.41) is 19.3. The number of rotatable bonds is 6. The second-order valence-corrected chi connectivity index (χ2v) is 6.58. The van der Waals surface area contributed by atoms with Crippen molar-refractivity contribution in [2.75, 3.05) is 19.8 Å². The molecule has 1 aliphatic heterocycles. The quantitative estimate of drug-likeness (QED) is 0.543. The Labute approximate surface area is 148 Å². The molecule has 0 saturated carbocycles. The van der Waals surface area contributed by atoms with E-state index in [0.717, 1.165) is 5.57 Å². The molecule has 0 radical (unpaired) electrons. The fourth-order valence-electron chi connectivity index (χ4n) is 3.13. The van der Waals surface area contributed by atoms with Gasteiger partial charge in [-0.2, -0.15) is 10.5 Å². The molecule has 2 rings (SSSR count). The van der Waals surface area contributed by atoms with Crippen molar-refractivity contribution in [3.63, 3.8) is 0 Å². The summed E-state index contributed by atoms with van der Waals surface area (Å²) in [5.74, 6) is -0.849. The van der Waals surface area contributed by atoms with Crippen molar-refractivity contribution < 1.29 is 19.0 Å². The van der Waals surface area contributed by atoms with Crippen LogP contribution in [0.15, 0.2) is 23.8 Å². The normalized spacial score (nSPS) is 20.7. The van der Waals surface area contributed by atoms with Crippen LogP contribution in [0, 0.1) is 34.0 Å². The summed E-state index contributed by atoms with van der Waals surface area (Å²) < 4.78 is 16.3. The van der Waals surface area contributed by atoms with Gasteiger partial charge in [0.2, 0.25) is 0 Å². The molecule has 1 atom stereocenters. The number of hydrogen-bond donors (Lipinski definition) is 0. The molecule has 1 aliphatic carbocycles. The minimum absolute atomic E-state index is 0.0304. The van der Waals surface area contributed by atoms with Gasteiger partial charge >= 0.3 is 5.97 Å². The molecule has 1 spiro atoms. The van der Waals surface area contributed by atoms with E-state index in [2.05, 4.69) is 12.1 Å². The fraction of sp³-hybridized carbons (Fsp3) is 0.632. The molecule has 0 bridgehead atoms. The summed E-state index contributed by atoms with van der Waals surface area (Å²) in [4.78, 5) is 10.8. The highest BCUT2D eigenvalue weighted by molar-refractivity contribution is 5.65. The lowest BCUT2D eigenvalue weighted by molar-refractivity contribution is -0.161. The van der Waals surface area contributed by atoms with Crippen molar-refractivity contribution >= 4 is 5.97 Å². The maximum atomic E-state index is 10.8. The number of nitrogens with zero attached hydrogens (tertiary/aromatic N) is 2. The Hall–Kier alpha value is -2.15. The van der Waals surface area contributed by atoms with Gasteiger partial charge in [-0.15, -0.1) is 0 Å². The Morgan fingerprint density at radius 1 is 1.44 bits per heavy atom. The maximum Gasteiger partial charge on any atom is 0.302 e. The lowest BCUT2D eigenvalue weighted by Gasteiger charge is -2.33. The molecule has 1 saturated heterocycles. The smallest absolute Gasteiger partial charge is 0.302 e. The molecule has 0 amide bonds. The summed E-state index contributed by atoms with van der Waals surface area (Å²) in [7, 11) is 0. The van der Waals surface area contributed by atoms with Gasteiger partial charge in [0, 0.05) is 32.1 Å².